The van der Waals surface area contributed by atoms with Crippen molar-refractivity contribution in [1.82, 2.24) is 15.3 Å². The predicted molar refractivity (Wildman–Crippen MR) is 115 cm³/mol. The highest BCUT2D eigenvalue weighted by Gasteiger charge is 2.09. The first-order chi connectivity index (χ1) is 15.0. The van der Waals surface area contributed by atoms with Crippen molar-refractivity contribution in [3.63, 3.8) is 0 Å². The van der Waals surface area contributed by atoms with Gasteiger partial charge in [-0.25, -0.2) is 4.98 Å². The molecular formula is C22H22N4O5. The Bertz CT molecular complexity index is 1150. The van der Waals surface area contributed by atoms with Gasteiger partial charge in [0.25, 0.3) is 11.5 Å². The lowest BCUT2D eigenvalue weighted by atomic mass is 10.1. The Hall–Kier alpha value is -4.01. The Kier molecular flexibility index (Phi) is 7.10. The molecule has 3 aromatic rings. The minimum atomic E-state index is -0.541. The van der Waals surface area contributed by atoms with E-state index in [4.69, 9.17) is 0 Å². The zero-order valence-electron chi connectivity index (χ0n) is 16.9. The summed E-state index contributed by atoms with van der Waals surface area (Å²) < 4.78 is 4.46. The van der Waals surface area contributed by atoms with Gasteiger partial charge >= 0.3 is 5.97 Å². The fourth-order valence-electron chi connectivity index (χ4n) is 2.92. The number of para-hydroxylation sites is 1. The van der Waals surface area contributed by atoms with Crippen molar-refractivity contribution in [3.8, 4) is 0 Å². The number of fused-ring (bicyclic) bond motifs is 1. The van der Waals surface area contributed by atoms with Crippen molar-refractivity contribution in [2.45, 2.75) is 19.3 Å². The fraction of sp³-hybridized carbons (Fsp3) is 0.227. The summed E-state index contributed by atoms with van der Waals surface area (Å²) in [6.45, 7) is -0.217. The third-order valence-electron chi connectivity index (χ3n) is 4.53. The Morgan fingerprint density at radius 1 is 1.06 bits per heavy atom. The first-order valence-corrected chi connectivity index (χ1v) is 9.69. The van der Waals surface area contributed by atoms with Crippen LogP contribution in [0.1, 0.15) is 29.0 Å². The number of esters is 1. The second kappa shape index (κ2) is 10.1. The molecule has 0 bridgehead atoms. The second-order valence-electron chi connectivity index (χ2n) is 6.77. The number of nitrogens with one attached hydrogen (secondary N) is 3. The van der Waals surface area contributed by atoms with Gasteiger partial charge in [0.2, 0.25) is 5.91 Å². The first-order valence-electron chi connectivity index (χ1n) is 9.69. The molecule has 9 nitrogen and oxygen atoms in total. The normalized spacial score (nSPS) is 10.5. The minimum absolute atomic E-state index is 0.189. The quantitative estimate of drug-likeness (QED) is 0.475. The second-order valence-corrected chi connectivity index (χ2v) is 6.77. The van der Waals surface area contributed by atoms with E-state index in [1.165, 1.54) is 7.11 Å². The van der Waals surface area contributed by atoms with Gasteiger partial charge in [-0.2, -0.15) is 0 Å². The molecule has 3 rings (SSSR count). The van der Waals surface area contributed by atoms with Crippen molar-refractivity contribution in [2.75, 3.05) is 19.0 Å². The molecule has 0 unspecified atom stereocenters. The van der Waals surface area contributed by atoms with Crippen LogP contribution in [0.3, 0.4) is 0 Å². The van der Waals surface area contributed by atoms with Crippen molar-refractivity contribution in [3.05, 3.63) is 70.3 Å². The Morgan fingerprint density at radius 3 is 2.55 bits per heavy atom. The van der Waals surface area contributed by atoms with Gasteiger partial charge in [-0.3, -0.25) is 19.2 Å². The molecule has 2 aromatic carbocycles. The van der Waals surface area contributed by atoms with E-state index in [1.807, 2.05) is 6.07 Å². The highest BCUT2D eigenvalue weighted by atomic mass is 16.5. The molecule has 1 heterocycles. The SMILES string of the molecule is COC(=O)CNC(=O)c1ccc(NC(=O)CCCc2nc3ccccc3c(=O)[nH]2)cc1. The number of nitrogens with zero attached hydrogens (tertiary/aromatic N) is 1. The largest absolute Gasteiger partial charge is 0.468 e. The van der Waals surface area contributed by atoms with Gasteiger partial charge in [0, 0.05) is 24.1 Å². The molecule has 2 amide bonds. The highest BCUT2D eigenvalue weighted by Crippen LogP contribution is 2.11. The zero-order chi connectivity index (χ0) is 22.2. The lowest BCUT2D eigenvalue weighted by Gasteiger charge is -2.07. The fourth-order valence-corrected chi connectivity index (χ4v) is 2.92. The number of aromatic nitrogens is 2. The molecule has 0 fully saturated rings. The summed E-state index contributed by atoms with van der Waals surface area (Å²) in [5.74, 6) is -0.606. The third kappa shape index (κ3) is 5.99. The molecule has 0 atom stereocenters. The number of aryl methyl sites for hydroxylation is 1. The Balaban J connectivity index is 1.48. The molecule has 0 aliphatic rings. The van der Waals surface area contributed by atoms with E-state index in [9.17, 15) is 19.2 Å². The van der Waals surface area contributed by atoms with E-state index in [0.29, 0.717) is 40.8 Å². The van der Waals surface area contributed by atoms with Gasteiger partial charge in [-0.1, -0.05) is 12.1 Å². The number of amides is 2. The molecule has 0 saturated carbocycles. The van der Waals surface area contributed by atoms with Crippen LogP contribution in [0, 0.1) is 0 Å². The predicted octanol–water partition coefficient (Wildman–Crippen LogP) is 1.79. The summed E-state index contributed by atoms with van der Waals surface area (Å²) in [6, 6.07) is 13.4. The van der Waals surface area contributed by atoms with Crippen LogP contribution in [0.5, 0.6) is 0 Å². The van der Waals surface area contributed by atoms with Crippen LogP contribution in [-0.4, -0.2) is 41.4 Å². The Labute approximate surface area is 177 Å². The summed E-state index contributed by atoms with van der Waals surface area (Å²) >= 11 is 0. The molecule has 1 aromatic heterocycles. The van der Waals surface area contributed by atoms with Crippen molar-refractivity contribution in [1.29, 1.82) is 0 Å². The lowest BCUT2D eigenvalue weighted by molar-refractivity contribution is -0.139. The van der Waals surface area contributed by atoms with Gasteiger partial charge < -0.3 is 20.4 Å². The molecular weight excluding hydrogens is 400 g/mol. The number of H-pyrrole nitrogens is 1. The first kappa shape index (κ1) is 21.7. The standard InChI is InChI=1S/C22H22N4O5/c1-31-20(28)13-23-21(29)14-9-11-15(12-10-14)24-19(27)8-4-7-18-25-17-6-3-2-5-16(17)22(30)26-18/h2-3,5-6,9-12H,4,7-8,13H2,1H3,(H,23,29)(H,24,27)(H,25,26,30). The summed E-state index contributed by atoms with van der Waals surface area (Å²) in [5, 5.41) is 5.73. The van der Waals surface area contributed by atoms with Gasteiger partial charge in [0.15, 0.2) is 0 Å². The van der Waals surface area contributed by atoms with Gasteiger partial charge in [0.1, 0.15) is 12.4 Å². The topological polar surface area (TPSA) is 130 Å². The molecule has 31 heavy (non-hydrogen) atoms. The van der Waals surface area contributed by atoms with Gasteiger partial charge in [-0.15, -0.1) is 0 Å². The van der Waals surface area contributed by atoms with Gasteiger partial charge in [-0.05, 0) is 42.8 Å². The van der Waals surface area contributed by atoms with Crippen LogP contribution in [0.4, 0.5) is 5.69 Å². The maximum absolute atomic E-state index is 12.2. The number of methoxy groups -OCH3 is 1. The van der Waals surface area contributed by atoms with Crippen LogP contribution >= 0.6 is 0 Å². The van der Waals surface area contributed by atoms with E-state index in [1.54, 1.807) is 42.5 Å². The molecule has 160 valence electrons. The minimum Gasteiger partial charge on any atom is -0.468 e. The summed E-state index contributed by atoms with van der Waals surface area (Å²) in [6.07, 6.45) is 1.23. The molecule has 0 aliphatic carbocycles. The number of benzene rings is 2. The monoisotopic (exact) mass is 422 g/mol. The number of carbonyl (C=O) groups excluding carboxylic acids is 3. The van der Waals surface area contributed by atoms with E-state index < -0.39 is 11.9 Å². The maximum atomic E-state index is 12.2. The van der Waals surface area contributed by atoms with Crippen molar-refractivity contribution >= 4 is 34.4 Å². The smallest absolute Gasteiger partial charge is 0.325 e. The molecule has 0 radical (unpaired) electrons. The number of carbonyl (C=O) groups is 3. The molecule has 0 saturated heterocycles. The highest BCUT2D eigenvalue weighted by molar-refractivity contribution is 5.97. The number of rotatable bonds is 8. The summed E-state index contributed by atoms with van der Waals surface area (Å²) in [5.41, 5.74) is 1.34. The van der Waals surface area contributed by atoms with Crippen molar-refractivity contribution in [2.24, 2.45) is 0 Å². The molecule has 3 N–H and O–H groups in total. The number of hydrogen-bond acceptors (Lipinski definition) is 6. The van der Waals surface area contributed by atoms with Crippen molar-refractivity contribution < 1.29 is 19.1 Å². The number of aromatic amines is 1. The average molecular weight is 422 g/mol. The number of hydrogen-bond donors (Lipinski definition) is 3. The molecule has 9 heteroatoms. The van der Waals surface area contributed by atoms with E-state index >= 15 is 0 Å². The molecule has 0 spiro atoms. The zero-order valence-corrected chi connectivity index (χ0v) is 16.9. The van der Waals surface area contributed by atoms with Crippen LogP contribution < -0.4 is 16.2 Å². The average Bonchev–Trinajstić information content (AvgIpc) is 2.77. The van der Waals surface area contributed by atoms with Crippen LogP contribution in [0.15, 0.2) is 53.3 Å². The summed E-state index contributed by atoms with van der Waals surface area (Å²) in [7, 11) is 1.24. The Morgan fingerprint density at radius 2 is 1.81 bits per heavy atom. The van der Waals surface area contributed by atoms with Crippen LogP contribution in [0.25, 0.3) is 10.9 Å². The van der Waals surface area contributed by atoms with Gasteiger partial charge in [0.05, 0.1) is 18.0 Å². The van der Waals surface area contributed by atoms with E-state index in [0.717, 1.165) is 0 Å². The summed E-state index contributed by atoms with van der Waals surface area (Å²) in [4.78, 5) is 54.4. The number of ether oxygens (including phenoxy) is 1. The van der Waals surface area contributed by atoms with E-state index in [-0.39, 0.29) is 24.4 Å². The van der Waals surface area contributed by atoms with Crippen LogP contribution in [-0.2, 0) is 20.7 Å². The number of anilines is 1. The van der Waals surface area contributed by atoms with Crippen LogP contribution in [0.2, 0.25) is 0 Å². The lowest BCUT2D eigenvalue weighted by Crippen LogP contribution is -2.30. The third-order valence-corrected chi connectivity index (χ3v) is 4.53. The maximum Gasteiger partial charge on any atom is 0.325 e. The molecule has 0 aliphatic heterocycles. The van der Waals surface area contributed by atoms with E-state index in [2.05, 4.69) is 25.3 Å².